The molecule has 14 heavy (non-hydrogen) atoms. The molecule has 0 aliphatic carbocycles. The van der Waals surface area contributed by atoms with Gasteiger partial charge in [-0.2, -0.15) is 4.58 Å². The van der Waals surface area contributed by atoms with Gasteiger partial charge in [-0.15, -0.1) is 0 Å². The Kier molecular flexibility index (Phi) is 2.24. The average Bonchev–Trinajstić information content (AvgIpc) is 2.46. The molecule has 2 rings (SSSR count). The summed E-state index contributed by atoms with van der Waals surface area (Å²) in [7, 11) is 2.14. The van der Waals surface area contributed by atoms with Gasteiger partial charge in [0.15, 0.2) is 5.71 Å². The first-order valence-corrected chi connectivity index (χ1v) is 5.04. The smallest absolute Gasteiger partial charge is 0.198 e. The van der Waals surface area contributed by atoms with E-state index in [1.807, 2.05) is 0 Å². The maximum absolute atomic E-state index is 2.28. The summed E-state index contributed by atoms with van der Waals surface area (Å²) in [5, 5.41) is 0. The number of hydrogen-bond acceptors (Lipinski definition) is 0. The third-order valence-corrected chi connectivity index (χ3v) is 2.76. The highest BCUT2D eigenvalue weighted by molar-refractivity contribution is 5.96. The fourth-order valence-corrected chi connectivity index (χ4v) is 1.97. The maximum atomic E-state index is 2.28. The number of aryl methyl sites for hydroxylation is 1. The number of allylic oxidation sites excluding steroid dienone is 2. The summed E-state index contributed by atoms with van der Waals surface area (Å²) in [5.41, 5.74) is 5.51. The molecule has 0 aromatic heterocycles. The Bertz CT molecular complexity index is 425. The Labute approximate surface area is 85.4 Å². The van der Waals surface area contributed by atoms with Crippen LogP contribution < -0.4 is 0 Å². The van der Waals surface area contributed by atoms with E-state index in [-0.39, 0.29) is 0 Å². The summed E-state index contributed by atoms with van der Waals surface area (Å²) in [5.74, 6) is 0. The zero-order valence-electron chi connectivity index (χ0n) is 9.04. The van der Waals surface area contributed by atoms with E-state index >= 15 is 0 Å². The van der Waals surface area contributed by atoms with Crippen molar-refractivity contribution in [3.05, 3.63) is 41.5 Å². The van der Waals surface area contributed by atoms with Gasteiger partial charge in [0.05, 0.1) is 6.42 Å². The van der Waals surface area contributed by atoms with Crippen molar-refractivity contribution < 1.29 is 4.58 Å². The van der Waals surface area contributed by atoms with Gasteiger partial charge in [0.1, 0.15) is 7.05 Å². The summed E-state index contributed by atoms with van der Waals surface area (Å²) >= 11 is 0. The monoisotopic (exact) mass is 186 g/mol. The lowest BCUT2D eigenvalue weighted by atomic mass is 10.1. The van der Waals surface area contributed by atoms with E-state index in [1.165, 1.54) is 22.5 Å². The van der Waals surface area contributed by atoms with Gasteiger partial charge in [-0.05, 0) is 19.4 Å². The van der Waals surface area contributed by atoms with Crippen molar-refractivity contribution in [3.63, 3.8) is 0 Å². The van der Waals surface area contributed by atoms with Gasteiger partial charge in [0.2, 0.25) is 5.69 Å². The molecule has 1 aromatic carbocycles. The summed E-state index contributed by atoms with van der Waals surface area (Å²) < 4.78 is 2.28. The van der Waals surface area contributed by atoms with Gasteiger partial charge in [-0.3, -0.25) is 0 Å². The first-order chi connectivity index (χ1) is 6.72. The van der Waals surface area contributed by atoms with Gasteiger partial charge >= 0.3 is 0 Å². The van der Waals surface area contributed by atoms with Crippen LogP contribution in [0.25, 0.3) is 0 Å². The Morgan fingerprint density at radius 3 is 2.86 bits per heavy atom. The first-order valence-electron chi connectivity index (χ1n) is 5.04. The normalized spacial score (nSPS) is 15.4. The van der Waals surface area contributed by atoms with Crippen molar-refractivity contribution in [1.82, 2.24) is 0 Å². The molecule has 0 fully saturated rings. The highest BCUT2D eigenvalue weighted by Gasteiger charge is 2.24. The number of nitrogens with zero attached hydrogens (tertiary/aromatic N) is 1. The van der Waals surface area contributed by atoms with E-state index in [4.69, 9.17) is 0 Å². The van der Waals surface area contributed by atoms with E-state index < -0.39 is 0 Å². The van der Waals surface area contributed by atoms with Crippen LogP contribution in [0, 0.1) is 6.92 Å². The lowest BCUT2D eigenvalue weighted by Crippen LogP contribution is -2.04. The van der Waals surface area contributed by atoms with Gasteiger partial charge in [-0.25, -0.2) is 0 Å². The zero-order valence-corrected chi connectivity index (χ0v) is 9.04. The Balaban J connectivity index is 2.50. The molecular formula is C13H16N+. The Hall–Kier alpha value is -1.37. The van der Waals surface area contributed by atoms with E-state index in [0.29, 0.717) is 0 Å². The van der Waals surface area contributed by atoms with Crippen molar-refractivity contribution >= 4 is 11.4 Å². The molecule has 72 valence electrons. The minimum atomic E-state index is 1.07. The molecule has 1 aromatic rings. The molecule has 1 heteroatoms. The maximum Gasteiger partial charge on any atom is 0.209 e. The fourth-order valence-electron chi connectivity index (χ4n) is 1.97. The standard InChI is InChI=1S/C13H16N/c1-4-5-12-9-11-7-6-10(2)8-13(11)14(12)3/h4-8H,9H2,1-3H3/q+1/b5-4+. The molecule has 0 spiro atoms. The topological polar surface area (TPSA) is 3.01 Å². The van der Waals surface area contributed by atoms with Gasteiger partial charge < -0.3 is 0 Å². The van der Waals surface area contributed by atoms with Crippen molar-refractivity contribution in [3.8, 4) is 0 Å². The van der Waals surface area contributed by atoms with Crippen LogP contribution in [-0.2, 0) is 6.42 Å². The number of fused-ring (bicyclic) bond motifs is 1. The molecule has 0 unspecified atom stereocenters. The highest BCUT2D eigenvalue weighted by Crippen LogP contribution is 2.26. The van der Waals surface area contributed by atoms with Crippen LogP contribution in [0.2, 0.25) is 0 Å². The van der Waals surface area contributed by atoms with Crippen molar-refractivity contribution in [1.29, 1.82) is 0 Å². The van der Waals surface area contributed by atoms with Crippen LogP contribution >= 0.6 is 0 Å². The molecule has 1 aliphatic rings. The number of hydrogen-bond donors (Lipinski definition) is 0. The second-order valence-corrected chi connectivity index (χ2v) is 3.86. The molecule has 0 bridgehead atoms. The summed E-state index contributed by atoms with van der Waals surface area (Å²) in [6.45, 7) is 4.21. The van der Waals surface area contributed by atoms with Crippen molar-refractivity contribution in [2.75, 3.05) is 7.05 Å². The van der Waals surface area contributed by atoms with Crippen LogP contribution in [0.4, 0.5) is 5.69 Å². The van der Waals surface area contributed by atoms with Crippen molar-refractivity contribution in [2.24, 2.45) is 0 Å². The van der Waals surface area contributed by atoms with E-state index in [1.54, 1.807) is 0 Å². The predicted octanol–water partition coefficient (Wildman–Crippen LogP) is 2.84. The van der Waals surface area contributed by atoms with E-state index in [9.17, 15) is 0 Å². The molecule has 0 saturated heterocycles. The molecule has 0 amide bonds. The Morgan fingerprint density at radius 2 is 2.14 bits per heavy atom. The first kappa shape index (κ1) is 9.20. The van der Waals surface area contributed by atoms with Crippen molar-refractivity contribution in [2.45, 2.75) is 20.3 Å². The number of benzene rings is 1. The van der Waals surface area contributed by atoms with Gasteiger partial charge in [0, 0.05) is 17.7 Å². The fraction of sp³-hybridized carbons (Fsp3) is 0.308. The molecule has 0 atom stereocenters. The molecule has 0 N–H and O–H groups in total. The van der Waals surface area contributed by atoms with Gasteiger partial charge in [-0.1, -0.05) is 18.2 Å². The summed E-state index contributed by atoms with van der Waals surface area (Å²) in [4.78, 5) is 0. The van der Waals surface area contributed by atoms with Crippen LogP contribution in [0.15, 0.2) is 30.4 Å². The van der Waals surface area contributed by atoms with Gasteiger partial charge in [0.25, 0.3) is 0 Å². The van der Waals surface area contributed by atoms with Crippen LogP contribution in [0.5, 0.6) is 0 Å². The minimum absolute atomic E-state index is 1.07. The average molecular weight is 186 g/mol. The van der Waals surface area contributed by atoms with Crippen LogP contribution in [0.3, 0.4) is 0 Å². The third kappa shape index (κ3) is 1.39. The zero-order chi connectivity index (χ0) is 10.1. The molecule has 1 heterocycles. The quantitative estimate of drug-likeness (QED) is 0.593. The lowest BCUT2D eigenvalue weighted by Gasteiger charge is -1.95. The van der Waals surface area contributed by atoms with Crippen LogP contribution in [0.1, 0.15) is 18.1 Å². The largest absolute Gasteiger partial charge is 0.209 e. The molecule has 0 saturated carbocycles. The molecule has 0 radical (unpaired) electrons. The van der Waals surface area contributed by atoms with E-state index in [2.05, 4.69) is 55.8 Å². The second-order valence-electron chi connectivity index (χ2n) is 3.86. The lowest BCUT2D eigenvalue weighted by molar-refractivity contribution is -0.400. The number of rotatable bonds is 1. The molecular weight excluding hydrogens is 170 g/mol. The second kappa shape index (κ2) is 3.41. The Morgan fingerprint density at radius 1 is 1.36 bits per heavy atom. The third-order valence-electron chi connectivity index (χ3n) is 2.76. The predicted molar refractivity (Wildman–Crippen MR) is 60.5 cm³/mol. The van der Waals surface area contributed by atoms with E-state index in [0.717, 1.165) is 6.42 Å². The summed E-state index contributed by atoms with van der Waals surface area (Å²) in [6, 6.07) is 6.68. The molecule has 1 nitrogen and oxygen atoms in total. The SMILES string of the molecule is C/C=C/C1=[N+](C)c2cc(C)ccc2C1. The highest BCUT2D eigenvalue weighted by atomic mass is 15.0. The molecule has 1 aliphatic heterocycles. The minimum Gasteiger partial charge on any atom is -0.198 e. The summed E-state index contributed by atoms with van der Waals surface area (Å²) in [6.07, 6.45) is 5.36. The van der Waals surface area contributed by atoms with Crippen LogP contribution in [-0.4, -0.2) is 17.3 Å².